The van der Waals surface area contributed by atoms with E-state index in [1.807, 2.05) is 0 Å². The van der Waals surface area contributed by atoms with E-state index < -0.39 is 0 Å². The first-order valence-electron chi connectivity index (χ1n) is 5.69. The Labute approximate surface area is 118 Å². The Hall–Kier alpha value is -1.75. The fourth-order valence-electron chi connectivity index (χ4n) is 1.83. The molecule has 0 atom stereocenters. The summed E-state index contributed by atoms with van der Waals surface area (Å²) in [6, 6.07) is 10.0. The summed E-state index contributed by atoms with van der Waals surface area (Å²) in [7, 11) is 0. The maximum absolute atomic E-state index is 13.6. The lowest BCUT2D eigenvalue weighted by molar-refractivity contribution is 0.174. The molecule has 0 radical (unpaired) electrons. The molecule has 1 aliphatic rings. The highest BCUT2D eigenvalue weighted by molar-refractivity contribution is 9.08. The highest BCUT2D eigenvalue weighted by Crippen LogP contribution is 2.37. The van der Waals surface area contributed by atoms with Gasteiger partial charge in [0.15, 0.2) is 11.5 Å². The summed E-state index contributed by atoms with van der Waals surface area (Å²) < 4.78 is 29.8. The van der Waals surface area contributed by atoms with Gasteiger partial charge in [0, 0.05) is 17.0 Å². The van der Waals surface area contributed by atoms with E-state index >= 15 is 0 Å². The summed E-state index contributed by atoms with van der Waals surface area (Å²) in [5, 5.41) is 0.388. The van der Waals surface area contributed by atoms with Gasteiger partial charge < -0.3 is 14.2 Å². The molecule has 19 heavy (non-hydrogen) atoms. The number of alkyl halides is 1. The van der Waals surface area contributed by atoms with Gasteiger partial charge in [-0.15, -0.1) is 0 Å². The van der Waals surface area contributed by atoms with E-state index in [9.17, 15) is 4.39 Å². The third-order valence-corrected chi connectivity index (χ3v) is 3.34. The molecule has 3 nitrogen and oxygen atoms in total. The number of benzene rings is 2. The molecule has 0 saturated carbocycles. The number of halogens is 2. The molecular formula is C14H10BrFO3. The minimum Gasteiger partial charge on any atom is -0.457 e. The second kappa shape index (κ2) is 5.09. The van der Waals surface area contributed by atoms with Gasteiger partial charge in [0.25, 0.3) is 0 Å². The van der Waals surface area contributed by atoms with Gasteiger partial charge >= 0.3 is 0 Å². The standard InChI is InChI=1S/C14H10BrFO3/c15-7-10-11(16)2-1-3-12(10)19-9-4-5-13-14(6-9)18-8-17-13/h1-6H,7-8H2. The van der Waals surface area contributed by atoms with Crippen LogP contribution < -0.4 is 14.2 Å². The van der Waals surface area contributed by atoms with Crippen LogP contribution in [0.4, 0.5) is 4.39 Å². The van der Waals surface area contributed by atoms with Crippen molar-refractivity contribution >= 4 is 15.9 Å². The quantitative estimate of drug-likeness (QED) is 0.790. The Kier molecular flexibility index (Phi) is 3.29. The predicted molar refractivity (Wildman–Crippen MR) is 71.7 cm³/mol. The molecule has 2 aromatic carbocycles. The average molecular weight is 325 g/mol. The fraction of sp³-hybridized carbons (Fsp3) is 0.143. The summed E-state index contributed by atoms with van der Waals surface area (Å²) in [4.78, 5) is 0. The van der Waals surface area contributed by atoms with Crippen LogP contribution in [0.1, 0.15) is 5.56 Å². The van der Waals surface area contributed by atoms with Crippen LogP contribution in [0.5, 0.6) is 23.0 Å². The van der Waals surface area contributed by atoms with Gasteiger partial charge in [0.05, 0.1) is 0 Å². The number of ether oxygens (including phenoxy) is 3. The third kappa shape index (κ3) is 2.38. The van der Waals surface area contributed by atoms with Crippen LogP contribution in [-0.2, 0) is 5.33 Å². The Bertz CT molecular complexity index is 616. The molecule has 0 aromatic heterocycles. The molecule has 0 bridgehead atoms. The van der Waals surface area contributed by atoms with Crippen molar-refractivity contribution in [1.82, 2.24) is 0 Å². The Balaban J connectivity index is 1.91. The predicted octanol–water partition coefficient (Wildman–Crippen LogP) is 4.24. The number of hydrogen-bond acceptors (Lipinski definition) is 3. The van der Waals surface area contributed by atoms with Gasteiger partial charge in [-0.2, -0.15) is 0 Å². The smallest absolute Gasteiger partial charge is 0.231 e. The van der Waals surface area contributed by atoms with E-state index in [-0.39, 0.29) is 12.6 Å². The van der Waals surface area contributed by atoms with Gasteiger partial charge in [-0.25, -0.2) is 4.39 Å². The van der Waals surface area contributed by atoms with Crippen molar-refractivity contribution in [2.75, 3.05) is 6.79 Å². The fourth-order valence-corrected chi connectivity index (χ4v) is 2.38. The largest absolute Gasteiger partial charge is 0.457 e. The van der Waals surface area contributed by atoms with Crippen LogP contribution in [0.3, 0.4) is 0 Å². The topological polar surface area (TPSA) is 27.7 Å². The van der Waals surface area contributed by atoms with E-state index in [2.05, 4.69) is 15.9 Å². The minimum atomic E-state index is -0.296. The van der Waals surface area contributed by atoms with E-state index in [0.717, 1.165) is 0 Å². The first-order chi connectivity index (χ1) is 9.28. The minimum absolute atomic E-state index is 0.214. The van der Waals surface area contributed by atoms with Crippen molar-refractivity contribution in [1.29, 1.82) is 0 Å². The summed E-state index contributed by atoms with van der Waals surface area (Å²) in [6.07, 6.45) is 0. The molecule has 1 heterocycles. The molecule has 0 aliphatic carbocycles. The molecule has 98 valence electrons. The molecule has 0 spiro atoms. The molecule has 0 fully saturated rings. The Morgan fingerprint density at radius 3 is 2.84 bits per heavy atom. The highest BCUT2D eigenvalue weighted by atomic mass is 79.9. The van der Waals surface area contributed by atoms with E-state index in [0.29, 0.717) is 33.9 Å². The van der Waals surface area contributed by atoms with Crippen LogP contribution >= 0.6 is 15.9 Å². The summed E-state index contributed by atoms with van der Waals surface area (Å²) >= 11 is 3.26. The van der Waals surface area contributed by atoms with Crippen molar-refractivity contribution < 1.29 is 18.6 Å². The molecule has 2 aromatic rings. The molecule has 0 amide bonds. The van der Waals surface area contributed by atoms with E-state index in [1.54, 1.807) is 30.3 Å². The molecular weight excluding hydrogens is 315 g/mol. The summed E-state index contributed by atoms with van der Waals surface area (Å²) in [5.74, 6) is 2.09. The molecule has 3 rings (SSSR count). The zero-order chi connectivity index (χ0) is 13.2. The lowest BCUT2D eigenvalue weighted by Crippen LogP contribution is -1.93. The maximum atomic E-state index is 13.6. The third-order valence-electron chi connectivity index (χ3n) is 2.78. The molecule has 5 heteroatoms. The lowest BCUT2D eigenvalue weighted by atomic mass is 10.2. The number of fused-ring (bicyclic) bond motifs is 1. The SMILES string of the molecule is Fc1cccc(Oc2ccc3c(c2)OCO3)c1CBr. The zero-order valence-electron chi connectivity index (χ0n) is 9.86. The van der Waals surface area contributed by atoms with Crippen molar-refractivity contribution in [3.8, 4) is 23.0 Å². The Morgan fingerprint density at radius 2 is 2.00 bits per heavy atom. The highest BCUT2D eigenvalue weighted by Gasteiger charge is 2.15. The van der Waals surface area contributed by atoms with Crippen molar-refractivity contribution in [2.45, 2.75) is 5.33 Å². The van der Waals surface area contributed by atoms with Crippen molar-refractivity contribution in [3.63, 3.8) is 0 Å². The van der Waals surface area contributed by atoms with Crippen LogP contribution in [0.15, 0.2) is 36.4 Å². The summed E-state index contributed by atoms with van der Waals surface area (Å²) in [6.45, 7) is 0.214. The van der Waals surface area contributed by atoms with E-state index in [4.69, 9.17) is 14.2 Å². The Morgan fingerprint density at radius 1 is 1.16 bits per heavy atom. The molecule has 0 N–H and O–H groups in total. The van der Waals surface area contributed by atoms with Gasteiger partial charge in [-0.05, 0) is 24.3 Å². The number of rotatable bonds is 3. The first-order valence-corrected chi connectivity index (χ1v) is 6.81. The van der Waals surface area contributed by atoms with Gasteiger partial charge in [0.2, 0.25) is 6.79 Å². The second-order valence-electron chi connectivity index (χ2n) is 3.97. The van der Waals surface area contributed by atoms with Crippen molar-refractivity contribution in [2.24, 2.45) is 0 Å². The van der Waals surface area contributed by atoms with Crippen molar-refractivity contribution in [3.05, 3.63) is 47.8 Å². The van der Waals surface area contributed by atoms with Crippen LogP contribution in [0.25, 0.3) is 0 Å². The molecule has 0 unspecified atom stereocenters. The van der Waals surface area contributed by atoms with Gasteiger partial charge in [-0.1, -0.05) is 22.0 Å². The number of hydrogen-bond donors (Lipinski definition) is 0. The molecule has 0 saturated heterocycles. The molecule has 1 aliphatic heterocycles. The monoisotopic (exact) mass is 324 g/mol. The van der Waals surface area contributed by atoms with E-state index in [1.165, 1.54) is 6.07 Å². The van der Waals surface area contributed by atoms with Gasteiger partial charge in [-0.3, -0.25) is 0 Å². The van der Waals surface area contributed by atoms with Crippen LogP contribution in [-0.4, -0.2) is 6.79 Å². The maximum Gasteiger partial charge on any atom is 0.231 e. The zero-order valence-corrected chi connectivity index (χ0v) is 11.4. The van der Waals surface area contributed by atoms with Crippen LogP contribution in [0, 0.1) is 5.82 Å². The van der Waals surface area contributed by atoms with Gasteiger partial charge in [0.1, 0.15) is 17.3 Å². The average Bonchev–Trinajstić information content (AvgIpc) is 2.86. The second-order valence-corrected chi connectivity index (χ2v) is 4.53. The lowest BCUT2D eigenvalue weighted by Gasteiger charge is -2.10. The first kappa shape index (κ1) is 12.3. The van der Waals surface area contributed by atoms with Crippen LogP contribution in [0.2, 0.25) is 0 Å². The normalized spacial score (nSPS) is 12.5. The summed E-state index contributed by atoms with van der Waals surface area (Å²) in [5.41, 5.74) is 0.486.